The number of hydrogen-bond acceptors (Lipinski definition) is 3. The van der Waals surface area contributed by atoms with Crippen molar-refractivity contribution in [1.82, 2.24) is 4.90 Å². The topological polar surface area (TPSA) is 55.6 Å². The lowest BCUT2D eigenvalue weighted by atomic mass is 9.97. The van der Waals surface area contributed by atoms with Crippen LogP contribution in [0, 0.1) is 13.8 Å². The Bertz CT molecular complexity index is 615. The maximum atomic E-state index is 12.6. The number of likely N-dealkylation sites (N-methyl/N-ethyl adjacent to an activating group) is 1. The first-order valence-electron chi connectivity index (χ1n) is 8.36. The Balaban J connectivity index is 2.09. The zero-order valence-electron chi connectivity index (χ0n) is 14.9. The standard InChI is InChI=1S/C18H25F3N2O2/c1-12-8-14(9-13(2)15(12)25-11-18(19,20)21)10-23(3)16(24)17(22)6-4-5-7-17/h8-9H,4-7,10-11,22H2,1-3H3. The van der Waals surface area contributed by atoms with Crippen LogP contribution in [0.2, 0.25) is 0 Å². The molecule has 0 aliphatic heterocycles. The van der Waals surface area contributed by atoms with Gasteiger partial charge in [-0.25, -0.2) is 0 Å². The molecule has 1 aliphatic rings. The molecule has 1 saturated carbocycles. The van der Waals surface area contributed by atoms with Crippen LogP contribution in [0.15, 0.2) is 12.1 Å². The molecule has 0 spiro atoms. The average molecular weight is 358 g/mol. The van der Waals surface area contributed by atoms with Gasteiger partial charge in [0.2, 0.25) is 5.91 Å². The van der Waals surface area contributed by atoms with Crippen LogP contribution in [0.1, 0.15) is 42.4 Å². The van der Waals surface area contributed by atoms with Gasteiger partial charge in [-0.2, -0.15) is 13.2 Å². The normalized spacial score (nSPS) is 16.8. The van der Waals surface area contributed by atoms with Gasteiger partial charge in [-0.05, 0) is 43.4 Å². The van der Waals surface area contributed by atoms with Crippen LogP contribution in [-0.4, -0.2) is 36.2 Å². The van der Waals surface area contributed by atoms with Crippen molar-refractivity contribution in [3.05, 3.63) is 28.8 Å². The number of benzene rings is 1. The molecular formula is C18H25F3N2O2. The minimum absolute atomic E-state index is 0.0855. The van der Waals surface area contributed by atoms with Crippen LogP contribution in [-0.2, 0) is 11.3 Å². The van der Waals surface area contributed by atoms with E-state index in [1.54, 1.807) is 37.9 Å². The zero-order valence-corrected chi connectivity index (χ0v) is 14.9. The Morgan fingerprint density at radius 3 is 2.24 bits per heavy atom. The van der Waals surface area contributed by atoms with Crippen molar-refractivity contribution in [1.29, 1.82) is 0 Å². The molecule has 25 heavy (non-hydrogen) atoms. The molecule has 0 radical (unpaired) electrons. The van der Waals surface area contributed by atoms with Gasteiger partial charge < -0.3 is 15.4 Å². The molecule has 2 rings (SSSR count). The number of nitrogens with zero attached hydrogens (tertiary/aromatic N) is 1. The average Bonchev–Trinajstić information content (AvgIpc) is 2.92. The number of hydrogen-bond donors (Lipinski definition) is 1. The first-order valence-corrected chi connectivity index (χ1v) is 8.36. The van der Waals surface area contributed by atoms with Crippen LogP contribution in [0.3, 0.4) is 0 Å². The fourth-order valence-electron chi connectivity index (χ4n) is 3.46. The van der Waals surface area contributed by atoms with Crippen molar-refractivity contribution in [2.24, 2.45) is 5.73 Å². The number of rotatable bonds is 5. The molecule has 0 atom stereocenters. The number of alkyl halides is 3. The van der Waals surface area contributed by atoms with E-state index < -0.39 is 18.3 Å². The van der Waals surface area contributed by atoms with Gasteiger partial charge in [-0.15, -0.1) is 0 Å². The molecule has 1 aromatic rings. The third-order valence-corrected chi connectivity index (χ3v) is 4.59. The molecule has 140 valence electrons. The number of nitrogens with two attached hydrogens (primary N) is 1. The van der Waals surface area contributed by atoms with Gasteiger partial charge in [0.25, 0.3) is 0 Å². The summed E-state index contributed by atoms with van der Waals surface area (Å²) in [4.78, 5) is 14.2. The minimum Gasteiger partial charge on any atom is -0.484 e. The first-order chi connectivity index (χ1) is 11.5. The van der Waals surface area contributed by atoms with Crippen molar-refractivity contribution in [2.75, 3.05) is 13.7 Å². The number of halogens is 3. The van der Waals surface area contributed by atoms with E-state index in [1.165, 1.54) is 0 Å². The van der Waals surface area contributed by atoms with Gasteiger partial charge in [0.05, 0.1) is 5.54 Å². The summed E-state index contributed by atoms with van der Waals surface area (Å²) in [5, 5.41) is 0. The number of amides is 1. The van der Waals surface area contributed by atoms with Crippen molar-refractivity contribution in [3.63, 3.8) is 0 Å². The number of aryl methyl sites for hydroxylation is 2. The van der Waals surface area contributed by atoms with Gasteiger partial charge in [0.15, 0.2) is 6.61 Å². The largest absolute Gasteiger partial charge is 0.484 e. The molecule has 1 aliphatic carbocycles. The van der Waals surface area contributed by atoms with Crippen LogP contribution in [0.5, 0.6) is 5.75 Å². The summed E-state index contributed by atoms with van der Waals surface area (Å²) >= 11 is 0. The third kappa shape index (κ3) is 4.87. The van der Waals surface area contributed by atoms with Gasteiger partial charge in [0.1, 0.15) is 5.75 Å². The number of ether oxygens (including phenoxy) is 1. The zero-order chi connectivity index (χ0) is 18.8. The molecule has 7 heteroatoms. The maximum Gasteiger partial charge on any atom is 0.422 e. The summed E-state index contributed by atoms with van der Waals surface area (Å²) in [5.74, 6) is 0.152. The molecule has 1 fully saturated rings. The SMILES string of the molecule is Cc1cc(CN(C)C(=O)C2(N)CCCC2)cc(C)c1OCC(F)(F)F. The highest BCUT2D eigenvalue weighted by Gasteiger charge is 2.38. The first kappa shape index (κ1) is 19.6. The van der Waals surface area contributed by atoms with Crippen LogP contribution < -0.4 is 10.5 Å². The number of carbonyl (C=O) groups is 1. The van der Waals surface area contributed by atoms with Crippen molar-refractivity contribution >= 4 is 5.91 Å². The fraction of sp³-hybridized carbons (Fsp3) is 0.611. The van der Waals surface area contributed by atoms with Crippen molar-refractivity contribution in [2.45, 2.75) is 57.8 Å². The number of carbonyl (C=O) groups excluding carboxylic acids is 1. The molecule has 4 nitrogen and oxygen atoms in total. The summed E-state index contributed by atoms with van der Waals surface area (Å²) in [6.07, 6.45) is -1.07. The lowest BCUT2D eigenvalue weighted by Crippen LogP contribution is -2.52. The molecule has 0 saturated heterocycles. The molecular weight excluding hydrogens is 333 g/mol. The summed E-state index contributed by atoms with van der Waals surface area (Å²) in [6, 6.07) is 3.50. The Morgan fingerprint density at radius 2 is 1.76 bits per heavy atom. The van der Waals surface area contributed by atoms with Crippen molar-refractivity contribution < 1.29 is 22.7 Å². The molecule has 1 aromatic carbocycles. The summed E-state index contributed by atoms with van der Waals surface area (Å²) in [7, 11) is 1.70. The monoisotopic (exact) mass is 358 g/mol. The van der Waals surface area contributed by atoms with E-state index in [4.69, 9.17) is 10.5 Å². The fourth-order valence-corrected chi connectivity index (χ4v) is 3.46. The van der Waals surface area contributed by atoms with E-state index in [1.807, 2.05) is 0 Å². The van der Waals surface area contributed by atoms with E-state index in [0.717, 1.165) is 18.4 Å². The highest BCUT2D eigenvalue weighted by molar-refractivity contribution is 5.86. The second-order valence-electron chi connectivity index (χ2n) is 6.99. The molecule has 1 amide bonds. The van der Waals surface area contributed by atoms with E-state index in [2.05, 4.69) is 0 Å². The maximum absolute atomic E-state index is 12.6. The van der Waals surface area contributed by atoms with Gasteiger partial charge >= 0.3 is 6.18 Å². The van der Waals surface area contributed by atoms with Gasteiger partial charge in [0, 0.05) is 13.6 Å². The van der Waals surface area contributed by atoms with E-state index in [9.17, 15) is 18.0 Å². The third-order valence-electron chi connectivity index (χ3n) is 4.59. The lowest BCUT2D eigenvalue weighted by Gasteiger charge is -2.29. The Labute approximate surface area is 146 Å². The molecule has 0 unspecified atom stereocenters. The minimum atomic E-state index is -4.37. The van der Waals surface area contributed by atoms with E-state index >= 15 is 0 Å². The smallest absolute Gasteiger partial charge is 0.422 e. The molecule has 0 bridgehead atoms. The van der Waals surface area contributed by atoms with Crippen LogP contribution >= 0.6 is 0 Å². The highest BCUT2D eigenvalue weighted by Crippen LogP contribution is 2.30. The summed E-state index contributed by atoms with van der Waals surface area (Å²) < 4.78 is 42.0. The predicted molar refractivity (Wildman–Crippen MR) is 89.3 cm³/mol. The lowest BCUT2D eigenvalue weighted by molar-refractivity contribution is -0.153. The molecule has 2 N–H and O–H groups in total. The van der Waals surface area contributed by atoms with Crippen LogP contribution in [0.4, 0.5) is 13.2 Å². The van der Waals surface area contributed by atoms with Crippen LogP contribution in [0.25, 0.3) is 0 Å². The summed E-state index contributed by atoms with van der Waals surface area (Å²) in [6.45, 7) is 2.44. The van der Waals surface area contributed by atoms with Gasteiger partial charge in [-0.1, -0.05) is 25.0 Å². The quantitative estimate of drug-likeness (QED) is 0.877. The molecule has 0 heterocycles. The Morgan fingerprint density at radius 1 is 1.24 bits per heavy atom. The highest BCUT2D eigenvalue weighted by atomic mass is 19.4. The second kappa shape index (κ2) is 7.23. The van der Waals surface area contributed by atoms with Crippen molar-refractivity contribution in [3.8, 4) is 5.75 Å². The van der Waals surface area contributed by atoms with E-state index in [0.29, 0.717) is 30.5 Å². The Hall–Kier alpha value is -1.76. The van der Waals surface area contributed by atoms with Gasteiger partial charge in [-0.3, -0.25) is 4.79 Å². The second-order valence-corrected chi connectivity index (χ2v) is 6.99. The Kier molecular flexibility index (Phi) is 5.66. The molecule has 0 aromatic heterocycles. The summed E-state index contributed by atoms with van der Waals surface area (Å²) in [5.41, 5.74) is 7.49. The van der Waals surface area contributed by atoms with E-state index in [-0.39, 0.29) is 11.7 Å². The predicted octanol–water partition coefficient (Wildman–Crippen LogP) is 3.47.